The Labute approximate surface area is 112 Å². The van der Waals surface area contributed by atoms with Gasteiger partial charge >= 0.3 is 0 Å². The van der Waals surface area contributed by atoms with Gasteiger partial charge in [-0.2, -0.15) is 0 Å². The lowest BCUT2D eigenvalue weighted by atomic mass is 9.82. The van der Waals surface area contributed by atoms with Gasteiger partial charge in [-0.1, -0.05) is 6.92 Å². The Kier molecular flexibility index (Phi) is 4.07. The van der Waals surface area contributed by atoms with Crippen molar-refractivity contribution in [2.24, 2.45) is 5.92 Å². The molecule has 1 fully saturated rings. The fraction of sp³-hybridized carbons (Fsp3) is 0.643. The number of rotatable bonds is 4. The third-order valence-corrected chi connectivity index (χ3v) is 4.78. The normalized spacial score (nSPS) is 22.7. The number of hydrogen-bond acceptors (Lipinski definition) is 3. The molecule has 0 unspecified atom stereocenters. The summed E-state index contributed by atoms with van der Waals surface area (Å²) in [5.41, 5.74) is 1.27. The zero-order valence-electron chi connectivity index (χ0n) is 11.3. The topological polar surface area (TPSA) is 40.5 Å². The molecule has 18 heavy (non-hydrogen) atoms. The van der Waals surface area contributed by atoms with Gasteiger partial charge < -0.3 is 10.0 Å². The van der Waals surface area contributed by atoms with Gasteiger partial charge in [-0.3, -0.25) is 4.79 Å². The minimum Gasteiger partial charge on any atom is -0.393 e. The van der Waals surface area contributed by atoms with Gasteiger partial charge in [-0.05, 0) is 43.7 Å². The molecular formula is C14H21NO2S. The van der Waals surface area contributed by atoms with E-state index < -0.39 is 0 Å². The third kappa shape index (κ3) is 2.75. The molecule has 0 atom stereocenters. The highest BCUT2D eigenvalue weighted by atomic mass is 32.1. The molecule has 1 amide bonds. The molecule has 0 spiro atoms. The Morgan fingerprint density at radius 2 is 2.22 bits per heavy atom. The maximum absolute atomic E-state index is 12.3. The van der Waals surface area contributed by atoms with Crippen molar-refractivity contribution in [1.82, 2.24) is 4.90 Å². The molecule has 100 valence electrons. The van der Waals surface area contributed by atoms with Crippen LogP contribution in [-0.2, 0) is 6.42 Å². The van der Waals surface area contributed by atoms with Crippen LogP contribution in [0.15, 0.2) is 6.07 Å². The summed E-state index contributed by atoms with van der Waals surface area (Å²) >= 11 is 1.59. The molecule has 1 aliphatic carbocycles. The largest absolute Gasteiger partial charge is 0.393 e. The maximum atomic E-state index is 12.3. The zero-order chi connectivity index (χ0) is 13.3. The van der Waals surface area contributed by atoms with Gasteiger partial charge in [0.15, 0.2) is 0 Å². The highest BCUT2D eigenvalue weighted by Crippen LogP contribution is 2.29. The van der Waals surface area contributed by atoms with E-state index >= 15 is 0 Å². The Hall–Kier alpha value is -0.870. The predicted molar refractivity (Wildman–Crippen MR) is 74.1 cm³/mol. The SMILES string of the molecule is CCc1cc(C(=O)N(C)CC2CC(O)C2)sc1C. The van der Waals surface area contributed by atoms with Crippen LogP contribution in [0.25, 0.3) is 0 Å². The summed E-state index contributed by atoms with van der Waals surface area (Å²) in [6.45, 7) is 4.94. The first-order chi connectivity index (χ1) is 8.51. The van der Waals surface area contributed by atoms with Gasteiger partial charge in [0.05, 0.1) is 11.0 Å². The molecule has 0 aliphatic heterocycles. The number of aliphatic hydroxyl groups is 1. The summed E-state index contributed by atoms with van der Waals surface area (Å²) < 4.78 is 0. The van der Waals surface area contributed by atoms with Crippen molar-refractivity contribution < 1.29 is 9.90 Å². The number of carbonyl (C=O) groups is 1. The molecule has 1 saturated carbocycles. The van der Waals surface area contributed by atoms with Crippen LogP contribution in [0.4, 0.5) is 0 Å². The summed E-state index contributed by atoms with van der Waals surface area (Å²) in [5.74, 6) is 0.588. The fourth-order valence-electron chi connectivity index (χ4n) is 2.48. The van der Waals surface area contributed by atoms with Gasteiger partial charge in [-0.15, -0.1) is 11.3 Å². The van der Waals surface area contributed by atoms with Crippen LogP contribution in [0.3, 0.4) is 0 Å². The molecule has 0 radical (unpaired) electrons. The quantitative estimate of drug-likeness (QED) is 0.910. The molecule has 3 nitrogen and oxygen atoms in total. The molecule has 1 heterocycles. The van der Waals surface area contributed by atoms with E-state index in [1.165, 1.54) is 10.4 Å². The second-order valence-electron chi connectivity index (χ2n) is 5.22. The number of carbonyl (C=O) groups excluding carboxylic acids is 1. The number of aryl methyl sites for hydroxylation is 2. The van der Waals surface area contributed by atoms with Gasteiger partial charge in [0, 0.05) is 18.5 Å². The molecule has 0 bridgehead atoms. The number of nitrogens with zero attached hydrogens (tertiary/aromatic N) is 1. The first kappa shape index (κ1) is 13.6. The summed E-state index contributed by atoms with van der Waals surface area (Å²) in [7, 11) is 1.85. The molecule has 1 N–H and O–H groups in total. The molecule has 1 aromatic heterocycles. The highest BCUT2D eigenvalue weighted by Gasteiger charge is 2.29. The Morgan fingerprint density at radius 1 is 1.56 bits per heavy atom. The van der Waals surface area contributed by atoms with Crippen molar-refractivity contribution in [3.8, 4) is 0 Å². The van der Waals surface area contributed by atoms with Crippen molar-refractivity contribution in [1.29, 1.82) is 0 Å². The van der Waals surface area contributed by atoms with Crippen LogP contribution in [0.5, 0.6) is 0 Å². The predicted octanol–water partition coefficient (Wildman–Crippen LogP) is 2.46. The van der Waals surface area contributed by atoms with Gasteiger partial charge in [0.25, 0.3) is 5.91 Å². The number of aliphatic hydroxyl groups excluding tert-OH is 1. The van der Waals surface area contributed by atoms with Crippen molar-refractivity contribution >= 4 is 17.2 Å². The second-order valence-corrected chi connectivity index (χ2v) is 6.48. The first-order valence-corrected chi connectivity index (χ1v) is 7.35. The number of hydrogen-bond donors (Lipinski definition) is 1. The van der Waals surface area contributed by atoms with Crippen molar-refractivity contribution in [2.75, 3.05) is 13.6 Å². The Morgan fingerprint density at radius 3 is 2.72 bits per heavy atom. The molecule has 1 aliphatic rings. The monoisotopic (exact) mass is 267 g/mol. The summed E-state index contributed by atoms with van der Waals surface area (Å²) in [6.07, 6.45) is 2.51. The molecule has 2 rings (SSSR count). The average Bonchev–Trinajstić information content (AvgIpc) is 2.67. The molecule has 0 saturated heterocycles. The van der Waals surface area contributed by atoms with Crippen LogP contribution < -0.4 is 0 Å². The molecule has 4 heteroatoms. The van der Waals surface area contributed by atoms with E-state index in [1.54, 1.807) is 16.2 Å². The van der Waals surface area contributed by atoms with Crippen molar-refractivity contribution in [2.45, 2.75) is 39.2 Å². The molecule has 1 aromatic rings. The maximum Gasteiger partial charge on any atom is 0.263 e. The molecule has 0 aromatic carbocycles. The Bertz CT molecular complexity index is 435. The van der Waals surface area contributed by atoms with Crippen LogP contribution in [0.2, 0.25) is 0 Å². The summed E-state index contributed by atoms with van der Waals surface area (Å²) in [5, 5.41) is 9.26. The lowest BCUT2D eigenvalue weighted by Crippen LogP contribution is -2.39. The minimum absolute atomic E-state index is 0.115. The van der Waals surface area contributed by atoms with Crippen molar-refractivity contribution in [3.05, 3.63) is 21.4 Å². The smallest absolute Gasteiger partial charge is 0.263 e. The van der Waals surface area contributed by atoms with E-state index in [2.05, 4.69) is 13.8 Å². The number of amides is 1. The first-order valence-electron chi connectivity index (χ1n) is 6.54. The van der Waals surface area contributed by atoms with Crippen LogP contribution in [0, 0.1) is 12.8 Å². The van der Waals surface area contributed by atoms with Crippen LogP contribution in [-0.4, -0.2) is 35.6 Å². The van der Waals surface area contributed by atoms with E-state index in [1.807, 2.05) is 13.1 Å². The summed E-state index contributed by atoms with van der Waals surface area (Å²) in [4.78, 5) is 16.1. The van der Waals surface area contributed by atoms with Gasteiger partial charge in [-0.25, -0.2) is 0 Å². The lowest BCUT2D eigenvalue weighted by molar-refractivity contribution is 0.0266. The van der Waals surface area contributed by atoms with E-state index in [0.717, 1.165) is 30.7 Å². The van der Waals surface area contributed by atoms with E-state index in [4.69, 9.17) is 0 Å². The van der Waals surface area contributed by atoms with Gasteiger partial charge in [0.1, 0.15) is 0 Å². The summed E-state index contributed by atoms with van der Waals surface area (Å²) in [6, 6.07) is 2.02. The Balaban J connectivity index is 1.96. The average molecular weight is 267 g/mol. The van der Waals surface area contributed by atoms with E-state index in [0.29, 0.717) is 5.92 Å². The second kappa shape index (κ2) is 5.41. The lowest BCUT2D eigenvalue weighted by Gasteiger charge is -2.34. The van der Waals surface area contributed by atoms with Crippen LogP contribution in [0.1, 0.15) is 39.9 Å². The zero-order valence-corrected chi connectivity index (χ0v) is 12.1. The standard InChI is InChI=1S/C14H21NO2S/c1-4-11-7-13(18-9(11)2)14(17)15(3)8-10-5-12(16)6-10/h7,10,12,16H,4-6,8H2,1-3H3. The highest BCUT2D eigenvalue weighted by molar-refractivity contribution is 7.14. The van der Waals surface area contributed by atoms with Gasteiger partial charge in [0.2, 0.25) is 0 Å². The third-order valence-electron chi connectivity index (χ3n) is 3.70. The minimum atomic E-state index is -0.144. The fourth-order valence-corrected chi connectivity index (χ4v) is 3.59. The van der Waals surface area contributed by atoms with Crippen LogP contribution >= 0.6 is 11.3 Å². The number of thiophene rings is 1. The van der Waals surface area contributed by atoms with E-state index in [-0.39, 0.29) is 12.0 Å². The molecular weight excluding hydrogens is 246 g/mol. The van der Waals surface area contributed by atoms with E-state index in [9.17, 15) is 9.90 Å². The van der Waals surface area contributed by atoms with Crippen molar-refractivity contribution in [3.63, 3.8) is 0 Å².